The highest BCUT2D eigenvalue weighted by molar-refractivity contribution is 5.71. The molecule has 2 atom stereocenters. The van der Waals surface area contributed by atoms with Crippen molar-refractivity contribution in [2.45, 2.75) is 342 Å². The van der Waals surface area contributed by atoms with E-state index < -0.39 is 6.10 Å². The summed E-state index contributed by atoms with van der Waals surface area (Å²) >= 11 is 0. The Morgan fingerprint density at radius 2 is 0.538 bits per heavy atom. The van der Waals surface area contributed by atoms with Gasteiger partial charge in [0.25, 0.3) is 0 Å². The van der Waals surface area contributed by atoms with Crippen LogP contribution in [0.25, 0.3) is 0 Å². The van der Waals surface area contributed by atoms with Gasteiger partial charge in [-0.2, -0.15) is 0 Å². The molecule has 0 saturated heterocycles. The Bertz CT molecular complexity index is 982. The molecule has 0 aromatic carbocycles. The van der Waals surface area contributed by atoms with Gasteiger partial charge in [0.05, 0.1) is 0 Å². The molecule has 0 heterocycles. The molecule has 0 aliphatic carbocycles. The van der Waals surface area contributed by atoms with Gasteiger partial charge >= 0.3 is 17.9 Å². The van der Waals surface area contributed by atoms with Crippen LogP contribution >= 0.6 is 0 Å². The van der Waals surface area contributed by atoms with Gasteiger partial charge in [0.15, 0.2) is 6.10 Å². The summed E-state index contributed by atoms with van der Waals surface area (Å²) in [5, 5.41) is 0. The van der Waals surface area contributed by atoms with Gasteiger partial charge in [-0.25, -0.2) is 0 Å². The van der Waals surface area contributed by atoms with E-state index in [-0.39, 0.29) is 31.1 Å². The number of ether oxygens (including phenoxy) is 3. The van der Waals surface area contributed by atoms with Gasteiger partial charge in [-0.05, 0) is 25.2 Å². The predicted molar refractivity (Wildman–Crippen MR) is 280 cm³/mol. The fourth-order valence-electron chi connectivity index (χ4n) is 9.07. The molecule has 386 valence electrons. The lowest BCUT2D eigenvalue weighted by Crippen LogP contribution is -2.30. The molecule has 0 aliphatic heterocycles. The van der Waals surface area contributed by atoms with Gasteiger partial charge in [0, 0.05) is 19.3 Å². The Hall–Kier alpha value is -1.59. The zero-order valence-corrected chi connectivity index (χ0v) is 44.5. The fraction of sp³-hybridized carbons (Fsp3) is 0.949. The summed E-state index contributed by atoms with van der Waals surface area (Å²) in [6.07, 6.45) is 58.1. The summed E-state index contributed by atoms with van der Waals surface area (Å²) in [5.74, 6) is 0.0112. The monoisotopic (exact) mass is 919 g/mol. The minimum atomic E-state index is -0.762. The minimum Gasteiger partial charge on any atom is -0.462 e. The molecule has 0 bridgehead atoms. The Kier molecular flexibility index (Phi) is 52.1. The molecule has 0 aromatic heterocycles. The van der Waals surface area contributed by atoms with Gasteiger partial charge in [0.2, 0.25) is 0 Å². The zero-order chi connectivity index (χ0) is 47.4. The van der Waals surface area contributed by atoms with Gasteiger partial charge in [-0.15, -0.1) is 0 Å². The maximum absolute atomic E-state index is 12.9. The highest BCUT2D eigenvalue weighted by atomic mass is 16.6. The van der Waals surface area contributed by atoms with Crippen LogP contribution in [-0.2, 0) is 28.6 Å². The highest BCUT2D eigenvalue weighted by Crippen LogP contribution is 2.18. The summed E-state index contributed by atoms with van der Waals surface area (Å²) in [5.41, 5.74) is 0. The van der Waals surface area contributed by atoms with E-state index in [2.05, 4.69) is 27.7 Å². The molecule has 0 saturated carbocycles. The maximum Gasteiger partial charge on any atom is 0.306 e. The summed E-state index contributed by atoms with van der Waals surface area (Å²) in [4.78, 5) is 38.1. The van der Waals surface area contributed by atoms with E-state index >= 15 is 0 Å². The first-order valence-corrected chi connectivity index (χ1v) is 29.4. The lowest BCUT2D eigenvalue weighted by molar-refractivity contribution is -0.167. The maximum atomic E-state index is 12.9. The molecule has 0 aliphatic rings. The second kappa shape index (κ2) is 53.4. The number of rotatable bonds is 54. The fourth-order valence-corrected chi connectivity index (χ4v) is 9.07. The van der Waals surface area contributed by atoms with E-state index in [9.17, 15) is 14.4 Å². The third kappa shape index (κ3) is 51.6. The molecule has 6 nitrogen and oxygen atoms in total. The Labute approximate surface area is 406 Å². The number of esters is 3. The molecule has 0 fully saturated rings. The van der Waals surface area contributed by atoms with Crippen molar-refractivity contribution in [1.82, 2.24) is 0 Å². The van der Waals surface area contributed by atoms with Gasteiger partial charge in [-0.1, -0.05) is 297 Å². The van der Waals surface area contributed by atoms with Gasteiger partial charge < -0.3 is 14.2 Å². The molecule has 0 radical (unpaired) electrons. The third-order valence-corrected chi connectivity index (χ3v) is 13.9. The van der Waals surface area contributed by atoms with Crippen molar-refractivity contribution in [3.63, 3.8) is 0 Å². The van der Waals surface area contributed by atoms with Crippen LogP contribution in [0.4, 0.5) is 0 Å². The van der Waals surface area contributed by atoms with Crippen LogP contribution < -0.4 is 0 Å². The quantitative estimate of drug-likeness (QED) is 0.0344. The smallest absolute Gasteiger partial charge is 0.306 e. The predicted octanol–water partition coefficient (Wildman–Crippen LogP) is 19.4. The molecule has 6 heteroatoms. The molecular weight excluding hydrogens is 805 g/mol. The Morgan fingerprint density at radius 1 is 0.308 bits per heavy atom. The summed E-state index contributed by atoms with van der Waals surface area (Å²) in [7, 11) is 0. The molecule has 0 amide bonds. The second-order valence-corrected chi connectivity index (χ2v) is 20.5. The molecule has 0 rings (SSSR count). The number of unbranched alkanes of at least 4 members (excludes halogenated alkanes) is 40. The summed E-state index contributed by atoms with van der Waals surface area (Å²) in [6, 6.07) is 0. The number of hydrogen-bond acceptors (Lipinski definition) is 6. The Balaban J connectivity index is 4.27. The van der Waals surface area contributed by atoms with Gasteiger partial charge in [0.1, 0.15) is 13.2 Å². The molecular formula is C59H114O6. The van der Waals surface area contributed by atoms with E-state index in [1.807, 2.05) is 0 Å². The van der Waals surface area contributed by atoms with Crippen molar-refractivity contribution < 1.29 is 28.6 Å². The van der Waals surface area contributed by atoms with Crippen LogP contribution in [0.15, 0.2) is 0 Å². The van der Waals surface area contributed by atoms with Gasteiger partial charge in [-0.3, -0.25) is 14.4 Å². The average molecular weight is 920 g/mol. The van der Waals surface area contributed by atoms with E-state index in [1.165, 1.54) is 231 Å². The van der Waals surface area contributed by atoms with Crippen LogP contribution in [0, 0.1) is 5.92 Å². The SMILES string of the molecule is CCCCCCCCCCCCCCCCCCCCC(=O)OC[C@@H](COC(=O)CCCCCCCCCCC(C)CC)OC(=O)CCCCCCCCCCCCCCCCCCC. The van der Waals surface area contributed by atoms with Crippen LogP contribution in [0.1, 0.15) is 336 Å². The topological polar surface area (TPSA) is 78.9 Å². The van der Waals surface area contributed by atoms with Crippen LogP contribution in [0.2, 0.25) is 0 Å². The summed E-state index contributed by atoms with van der Waals surface area (Å²) < 4.78 is 16.9. The van der Waals surface area contributed by atoms with Crippen molar-refractivity contribution >= 4 is 17.9 Å². The first-order valence-electron chi connectivity index (χ1n) is 29.4. The average Bonchev–Trinajstić information content (AvgIpc) is 3.30. The molecule has 65 heavy (non-hydrogen) atoms. The minimum absolute atomic E-state index is 0.0622. The molecule has 1 unspecified atom stereocenters. The lowest BCUT2D eigenvalue weighted by atomic mass is 9.99. The van der Waals surface area contributed by atoms with Crippen molar-refractivity contribution in [2.24, 2.45) is 5.92 Å². The number of carbonyl (C=O) groups is 3. The van der Waals surface area contributed by atoms with Crippen LogP contribution in [0.3, 0.4) is 0 Å². The third-order valence-electron chi connectivity index (χ3n) is 13.9. The lowest BCUT2D eigenvalue weighted by Gasteiger charge is -2.18. The largest absolute Gasteiger partial charge is 0.462 e. The van der Waals surface area contributed by atoms with Crippen molar-refractivity contribution in [3.8, 4) is 0 Å². The molecule has 0 aromatic rings. The molecule has 0 N–H and O–H groups in total. The highest BCUT2D eigenvalue weighted by Gasteiger charge is 2.19. The summed E-state index contributed by atoms with van der Waals surface area (Å²) in [6.45, 7) is 9.06. The van der Waals surface area contributed by atoms with Crippen molar-refractivity contribution in [1.29, 1.82) is 0 Å². The molecule has 0 spiro atoms. The van der Waals surface area contributed by atoms with Crippen LogP contribution in [-0.4, -0.2) is 37.2 Å². The first kappa shape index (κ1) is 63.4. The van der Waals surface area contributed by atoms with E-state index in [0.29, 0.717) is 19.3 Å². The normalized spacial score (nSPS) is 12.4. The standard InChI is InChI=1S/C59H114O6/c1-5-8-10-12-14-16-18-20-22-24-26-27-29-31-33-38-42-46-50-57(60)63-53-56(54-64-58(61)51-47-43-39-36-35-37-41-45-49-55(4)7-3)65-59(62)52-48-44-40-34-32-30-28-25-23-21-19-17-15-13-11-9-6-2/h55-56H,5-54H2,1-4H3/t55?,56-/m0/s1. The first-order chi connectivity index (χ1) is 31.9. The van der Waals surface area contributed by atoms with E-state index in [1.54, 1.807) is 0 Å². The van der Waals surface area contributed by atoms with E-state index in [4.69, 9.17) is 14.2 Å². The number of carbonyl (C=O) groups excluding carboxylic acids is 3. The Morgan fingerprint density at radius 3 is 0.800 bits per heavy atom. The van der Waals surface area contributed by atoms with Crippen molar-refractivity contribution in [3.05, 3.63) is 0 Å². The second-order valence-electron chi connectivity index (χ2n) is 20.5. The van der Waals surface area contributed by atoms with E-state index in [0.717, 1.165) is 63.7 Å². The number of hydrogen-bond donors (Lipinski definition) is 0. The van der Waals surface area contributed by atoms with Crippen molar-refractivity contribution in [2.75, 3.05) is 13.2 Å². The van der Waals surface area contributed by atoms with Crippen LogP contribution in [0.5, 0.6) is 0 Å². The zero-order valence-electron chi connectivity index (χ0n) is 44.5.